The van der Waals surface area contributed by atoms with Gasteiger partial charge in [0.05, 0.1) is 0 Å². The van der Waals surface area contributed by atoms with Gasteiger partial charge in [-0.3, -0.25) is 0 Å². The molecular formula is C27H39N. The van der Waals surface area contributed by atoms with Crippen LogP contribution in [0.2, 0.25) is 0 Å². The molecule has 1 nitrogen and oxygen atoms in total. The molecule has 0 saturated heterocycles. The van der Waals surface area contributed by atoms with Crippen molar-refractivity contribution in [1.82, 2.24) is 5.32 Å². The molecule has 2 aliphatic rings. The van der Waals surface area contributed by atoms with E-state index in [0.29, 0.717) is 0 Å². The maximum absolute atomic E-state index is 3.81. The van der Waals surface area contributed by atoms with E-state index in [1.54, 1.807) is 0 Å². The summed E-state index contributed by atoms with van der Waals surface area (Å²) in [5, 5.41) is 2.97. The van der Waals surface area contributed by atoms with Gasteiger partial charge in [-0.2, -0.15) is 0 Å². The van der Waals surface area contributed by atoms with Gasteiger partial charge in [0.25, 0.3) is 0 Å². The second kappa shape index (κ2) is 14.7. The fourth-order valence-corrected chi connectivity index (χ4v) is 2.95. The van der Waals surface area contributed by atoms with E-state index in [-0.39, 0.29) is 0 Å². The van der Waals surface area contributed by atoms with Crippen LogP contribution in [0.3, 0.4) is 0 Å². The molecule has 1 heteroatoms. The molecule has 1 fully saturated rings. The molecule has 0 heterocycles. The molecule has 3 rings (SSSR count). The van der Waals surface area contributed by atoms with Crippen LogP contribution < -0.4 is 5.32 Å². The Kier molecular flexibility index (Phi) is 12.5. The van der Waals surface area contributed by atoms with Crippen LogP contribution in [0.15, 0.2) is 78.6 Å². The Morgan fingerprint density at radius 3 is 2.25 bits per heavy atom. The summed E-state index contributed by atoms with van der Waals surface area (Å²) in [7, 11) is 1.86. The summed E-state index contributed by atoms with van der Waals surface area (Å²) in [6, 6.07) is 8.38. The smallest absolute Gasteiger partial charge is 0.0264 e. The average Bonchev–Trinajstić information content (AvgIpc) is 2.96. The molecule has 0 unspecified atom stereocenters. The number of allylic oxidation sites excluding steroid dienone is 7. The lowest BCUT2D eigenvalue weighted by Crippen LogP contribution is -2.00. The first-order valence-corrected chi connectivity index (χ1v) is 10.6. The minimum absolute atomic E-state index is 0.917. The summed E-state index contributed by atoms with van der Waals surface area (Å²) in [4.78, 5) is 0. The van der Waals surface area contributed by atoms with Gasteiger partial charge in [0.15, 0.2) is 0 Å². The first-order valence-electron chi connectivity index (χ1n) is 10.6. The van der Waals surface area contributed by atoms with Crippen molar-refractivity contribution in [3.8, 4) is 0 Å². The van der Waals surface area contributed by atoms with Crippen LogP contribution in [-0.2, 0) is 0 Å². The summed E-state index contributed by atoms with van der Waals surface area (Å²) < 4.78 is 0. The van der Waals surface area contributed by atoms with Crippen molar-refractivity contribution >= 4 is 6.08 Å². The van der Waals surface area contributed by atoms with Crippen LogP contribution in [-0.4, -0.2) is 7.05 Å². The van der Waals surface area contributed by atoms with Crippen molar-refractivity contribution in [3.63, 3.8) is 0 Å². The molecule has 0 amide bonds. The van der Waals surface area contributed by atoms with E-state index in [0.717, 1.165) is 18.0 Å². The van der Waals surface area contributed by atoms with E-state index in [1.165, 1.54) is 48.8 Å². The Morgan fingerprint density at radius 2 is 1.68 bits per heavy atom. The normalized spacial score (nSPS) is 16.2. The van der Waals surface area contributed by atoms with Gasteiger partial charge < -0.3 is 5.32 Å². The van der Waals surface area contributed by atoms with Gasteiger partial charge in [-0.15, -0.1) is 0 Å². The number of hydrogen-bond acceptors (Lipinski definition) is 1. The van der Waals surface area contributed by atoms with Crippen molar-refractivity contribution in [2.75, 3.05) is 7.05 Å². The zero-order valence-electron chi connectivity index (χ0n) is 18.4. The van der Waals surface area contributed by atoms with Crippen LogP contribution in [0.4, 0.5) is 0 Å². The van der Waals surface area contributed by atoms with Crippen LogP contribution in [0.5, 0.6) is 0 Å². The van der Waals surface area contributed by atoms with Crippen molar-refractivity contribution in [1.29, 1.82) is 0 Å². The van der Waals surface area contributed by atoms with E-state index in [9.17, 15) is 0 Å². The van der Waals surface area contributed by atoms with E-state index in [1.807, 2.05) is 19.2 Å². The van der Waals surface area contributed by atoms with Gasteiger partial charge >= 0.3 is 0 Å². The number of nitrogens with one attached hydrogen (secondary N) is 1. The highest BCUT2D eigenvalue weighted by atomic mass is 14.8. The summed E-state index contributed by atoms with van der Waals surface area (Å²) in [6.45, 7) is 10.4. The summed E-state index contributed by atoms with van der Waals surface area (Å²) in [5.41, 5.74) is 4.82. The highest BCUT2D eigenvalue weighted by molar-refractivity contribution is 5.52. The second-order valence-corrected chi connectivity index (χ2v) is 7.79. The molecule has 0 aromatic heterocycles. The lowest BCUT2D eigenvalue weighted by Gasteiger charge is -2.15. The molecule has 2 aliphatic carbocycles. The third-order valence-corrected chi connectivity index (χ3v) is 4.95. The van der Waals surface area contributed by atoms with E-state index in [4.69, 9.17) is 0 Å². The van der Waals surface area contributed by atoms with Gasteiger partial charge in [0.1, 0.15) is 0 Å². The minimum Gasteiger partial charge on any atom is -0.389 e. The number of benzene rings is 1. The molecule has 0 radical (unpaired) electrons. The van der Waals surface area contributed by atoms with Crippen LogP contribution in [0.25, 0.3) is 6.08 Å². The molecule has 0 aliphatic heterocycles. The Bertz CT molecular complexity index is 665. The van der Waals surface area contributed by atoms with Gasteiger partial charge in [-0.1, -0.05) is 117 Å². The maximum atomic E-state index is 3.81. The highest BCUT2D eigenvalue weighted by Crippen LogP contribution is 2.22. The molecule has 152 valence electrons. The molecule has 1 aromatic carbocycles. The third kappa shape index (κ3) is 12.2. The quantitative estimate of drug-likeness (QED) is 0.530. The summed E-state index contributed by atoms with van der Waals surface area (Å²) >= 11 is 0. The Morgan fingerprint density at radius 1 is 1.00 bits per heavy atom. The Hall–Kier alpha value is -2.28. The topological polar surface area (TPSA) is 12.0 Å². The van der Waals surface area contributed by atoms with Gasteiger partial charge in [-0.25, -0.2) is 0 Å². The monoisotopic (exact) mass is 377 g/mol. The Labute approximate surface area is 173 Å². The van der Waals surface area contributed by atoms with Crippen LogP contribution in [0.1, 0.15) is 63.5 Å². The summed E-state index contributed by atoms with van der Waals surface area (Å²) in [5.74, 6) is 1.04. The van der Waals surface area contributed by atoms with Crippen molar-refractivity contribution in [3.05, 3.63) is 89.7 Å². The fourth-order valence-electron chi connectivity index (χ4n) is 2.95. The van der Waals surface area contributed by atoms with Gasteiger partial charge in [0.2, 0.25) is 0 Å². The van der Waals surface area contributed by atoms with E-state index < -0.39 is 0 Å². The SMILES string of the molecule is C=C(/C=C/c1ccc(C)cc1)NC.CC1=CC=CC=CC1.CC1CCCCC1. The van der Waals surface area contributed by atoms with Crippen LogP contribution >= 0.6 is 0 Å². The largest absolute Gasteiger partial charge is 0.389 e. The lowest BCUT2D eigenvalue weighted by molar-refractivity contribution is 0.385. The number of rotatable bonds is 3. The molecule has 0 bridgehead atoms. The van der Waals surface area contributed by atoms with Crippen LogP contribution in [0, 0.1) is 12.8 Å². The van der Waals surface area contributed by atoms with Gasteiger partial charge in [-0.05, 0) is 37.8 Å². The van der Waals surface area contributed by atoms with E-state index >= 15 is 0 Å². The lowest BCUT2D eigenvalue weighted by atomic mass is 9.91. The minimum atomic E-state index is 0.917. The second-order valence-electron chi connectivity index (χ2n) is 7.79. The number of hydrogen-bond donors (Lipinski definition) is 1. The first-order chi connectivity index (χ1) is 13.5. The first kappa shape index (κ1) is 23.8. The summed E-state index contributed by atoms with van der Waals surface area (Å²) in [6.07, 6.45) is 23.0. The molecule has 1 N–H and O–H groups in total. The van der Waals surface area contributed by atoms with Crippen molar-refractivity contribution in [2.45, 2.75) is 59.3 Å². The molecule has 0 atom stereocenters. The predicted molar refractivity (Wildman–Crippen MR) is 127 cm³/mol. The van der Waals surface area contributed by atoms with E-state index in [2.05, 4.69) is 87.3 Å². The zero-order valence-corrected chi connectivity index (χ0v) is 18.4. The standard InChI is InChI=1S/C12H15N.C8H10.C7H14/c1-10-4-7-12(8-5-10)9-6-11(2)13-3;1-8-6-4-2-3-5-7-8;1-7-5-3-2-4-6-7/h4-9,13H,2H2,1,3H3;2-6H,7H2,1H3;7H,2-6H2,1H3/b9-6+;;. The van der Waals surface area contributed by atoms with Gasteiger partial charge in [0, 0.05) is 12.7 Å². The zero-order chi connectivity index (χ0) is 20.6. The highest BCUT2D eigenvalue weighted by Gasteiger charge is 2.05. The number of aryl methyl sites for hydroxylation is 1. The predicted octanol–water partition coefficient (Wildman–Crippen LogP) is 7.78. The van der Waals surface area contributed by atoms with Crippen molar-refractivity contribution in [2.24, 2.45) is 5.92 Å². The molecular weight excluding hydrogens is 338 g/mol. The van der Waals surface area contributed by atoms with Crippen molar-refractivity contribution < 1.29 is 0 Å². The molecule has 28 heavy (non-hydrogen) atoms. The molecule has 1 aromatic rings. The fraction of sp³-hybridized carbons (Fsp3) is 0.407. The molecule has 0 spiro atoms. The Balaban J connectivity index is 0.000000224. The maximum Gasteiger partial charge on any atom is 0.0264 e. The third-order valence-electron chi connectivity index (χ3n) is 4.95. The molecule has 1 saturated carbocycles. The average molecular weight is 378 g/mol. The number of likely N-dealkylation sites (N-methyl/N-ethyl adjacent to an activating group) is 1.